The molecule has 0 atom stereocenters. The standard InChI is InChI=1S/C18H29F3N4O.HI/c1-5-22-17(23-10-11-24(2)12-13-26-4)25(3)14-15-6-8-16(9-7-15)18(19,20)21;/h6-9H,5,10-14H2,1-4H3,(H,22,23);1H. The monoisotopic (exact) mass is 502 g/mol. The molecule has 0 radical (unpaired) electrons. The third-order valence-corrected chi connectivity index (χ3v) is 3.82. The predicted octanol–water partition coefficient (Wildman–Crippen LogP) is 3.30. The lowest BCUT2D eigenvalue weighted by Crippen LogP contribution is -2.39. The van der Waals surface area contributed by atoms with Crippen molar-refractivity contribution in [3.05, 3.63) is 35.4 Å². The summed E-state index contributed by atoms with van der Waals surface area (Å²) in [5.74, 6) is 0.729. The Balaban J connectivity index is 0.00000676. The average molecular weight is 502 g/mol. The molecule has 0 unspecified atom stereocenters. The van der Waals surface area contributed by atoms with Gasteiger partial charge in [0.2, 0.25) is 0 Å². The van der Waals surface area contributed by atoms with Crippen molar-refractivity contribution in [2.45, 2.75) is 19.6 Å². The predicted molar refractivity (Wildman–Crippen MR) is 114 cm³/mol. The summed E-state index contributed by atoms with van der Waals surface area (Å²) in [5.41, 5.74) is 0.159. The van der Waals surface area contributed by atoms with Crippen LogP contribution in [0.1, 0.15) is 18.1 Å². The van der Waals surface area contributed by atoms with E-state index in [2.05, 4.69) is 15.2 Å². The van der Waals surface area contributed by atoms with Crippen LogP contribution in [-0.4, -0.2) is 69.8 Å². The first-order valence-electron chi connectivity index (χ1n) is 8.61. The van der Waals surface area contributed by atoms with Crippen LogP contribution in [0.3, 0.4) is 0 Å². The Bertz CT molecular complexity index is 553. The van der Waals surface area contributed by atoms with Gasteiger partial charge in [0.05, 0.1) is 18.7 Å². The molecule has 1 rings (SSSR count). The van der Waals surface area contributed by atoms with Crippen molar-refractivity contribution in [3.8, 4) is 0 Å². The highest BCUT2D eigenvalue weighted by Crippen LogP contribution is 2.29. The number of rotatable bonds is 9. The molecule has 0 aliphatic rings. The Morgan fingerprint density at radius 2 is 1.78 bits per heavy atom. The molecule has 156 valence electrons. The van der Waals surface area contributed by atoms with Crippen molar-refractivity contribution in [1.29, 1.82) is 0 Å². The zero-order valence-electron chi connectivity index (χ0n) is 16.3. The van der Waals surface area contributed by atoms with Gasteiger partial charge in [0, 0.05) is 40.3 Å². The summed E-state index contributed by atoms with van der Waals surface area (Å²) < 4.78 is 43.0. The topological polar surface area (TPSA) is 40.1 Å². The number of nitrogens with zero attached hydrogens (tertiary/aromatic N) is 3. The van der Waals surface area contributed by atoms with Gasteiger partial charge in [-0.3, -0.25) is 4.99 Å². The lowest BCUT2D eigenvalue weighted by atomic mass is 10.1. The van der Waals surface area contributed by atoms with Gasteiger partial charge in [0.15, 0.2) is 5.96 Å². The summed E-state index contributed by atoms with van der Waals surface area (Å²) >= 11 is 0. The third kappa shape index (κ3) is 10.2. The summed E-state index contributed by atoms with van der Waals surface area (Å²) in [6.07, 6.45) is -4.31. The number of nitrogens with one attached hydrogen (secondary N) is 1. The van der Waals surface area contributed by atoms with Gasteiger partial charge in [-0.05, 0) is 31.7 Å². The SMILES string of the molecule is CCNC(=NCCN(C)CCOC)N(C)Cc1ccc(C(F)(F)F)cc1.I. The summed E-state index contributed by atoms with van der Waals surface area (Å²) in [5, 5.41) is 3.21. The highest BCUT2D eigenvalue weighted by molar-refractivity contribution is 14.0. The van der Waals surface area contributed by atoms with E-state index in [4.69, 9.17) is 4.74 Å². The molecule has 0 aliphatic carbocycles. The second kappa shape index (κ2) is 13.2. The molecule has 1 aromatic rings. The molecular formula is C18H30F3IN4O. The average Bonchev–Trinajstić information content (AvgIpc) is 2.58. The number of benzene rings is 1. The Morgan fingerprint density at radius 3 is 2.30 bits per heavy atom. The smallest absolute Gasteiger partial charge is 0.383 e. The summed E-state index contributed by atoms with van der Waals surface area (Å²) in [7, 11) is 5.55. The van der Waals surface area contributed by atoms with Crippen molar-refractivity contribution in [2.75, 3.05) is 54.0 Å². The van der Waals surface area contributed by atoms with Crippen LogP contribution in [0.5, 0.6) is 0 Å². The Kier molecular flexibility index (Phi) is 12.6. The first-order valence-corrected chi connectivity index (χ1v) is 8.61. The first-order chi connectivity index (χ1) is 12.3. The third-order valence-electron chi connectivity index (χ3n) is 3.82. The van der Waals surface area contributed by atoms with E-state index in [9.17, 15) is 13.2 Å². The van der Waals surface area contributed by atoms with E-state index in [1.165, 1.54) is 12.1 Å². The van der Waals surface area contributed by atoms with Gasteiger partial charge in [-0.1, -0.05) is 12.1 Å². The van der Waals surface area contributed by atoms with Crippen LogP contribution >= 0.6 is 24.0 Å². The number of guanidine groups is 1. The van der Waals surface area contributed by atoms with Crippen LogP contribution < -0.4 is 5.32 Å². The van der Waals surface area contributed by atoms with Crippen LogP contribution in [0, 0.1) is 0 Å². The lowest BCUT2D eigenvalue weighted by molar-refractivity contribution is -0.137. The van der Waals surface area contributed by atoms with E-state index in [0.29, 0.717) is 19.7 Å². The summed E-state index contributed by atoms with van der Waals surface area (Å²) in [6, 6.07) is 5.22. The minimum atomic E-state index is -4.31. The molecule has 1 N–H and O–H groups in total. The molecule has 0 saturated carbocycles. The van der Waals surface area contributed by atoms with Crippen LogP contribution in [-0.2, 0) is 17.5 Å². The second-order valence-corrected chi connectivity index (χ2v) is 6.08. The molecular weight excluding hydrogens is 472 g/mol. The Labute approximate surface area is 177 Å². The van der Waals surface area contributed by atoms with Gasteiger partial charge < -0.3 is 19.9 Å². The number of hydrogen-bond acceptors (Lipinski definition) is 3. The van der Waals surface area contributed by atoms with E-state index in [-0.39, 0.29) is 24.0 Å². The second-order valence-electron chi connectivity index (χ2n) is 6.08. The number of ether oxygens (including phenoxy) is 1. The summed E-state index contributed by atoms with van der Waals surface area (Å²) in [6.45, 7) is 6.11. The highest BCUT2D eigenvalue weighted by Gasteiger charge is 2.29. The van der Waals surface area contributed by atoms with E-state index in [1.54, 1.807) is 7.11 Å². The molecule has 1 aromatic carbocycles. The largest absolute Gasteiger partial charge is 0.416 e. The van der Waals surface area contributed by atoms with Gasteiger partial charge in [0.1, 0.15) is 0 Å². The first kappa shape index (κ1) is 25.9. The normalized spacial score (nSPS) is 12.1. The molecule has 0 aromatic heterocycles. The van der Waals surface area contributed by atoms with E-state index >= 15 is 0 Å². The van der Waals surface area contributed by atoms with Gasteiger partial charge in [-0.25, -0.2) is 0 Å². The zero-order valence-corrected chi connectivity index (χ0v) is 18.7. The number of halogens is 4. The van der Waals surface area contributed by atoms with E-state index in [0.717, 1.165) is 43.3 Å². The van der Waals surface area contributed by atoms with Crippen molar-refractivity contribution < 1.29 is 17.9 Å². The van der Waals surface area contributed by atoms with Gasteiger partial charge in [-0.2, -0.15) is 13.2 Å². The number of likely N-dealkylation sites (N-methyl/N-ethyl adjacent to an activating group) is 1. The Hall–Kier alpha value is -1.07. The molecule has 5 nitrogen and oxygen atoms in total. The quantitative estimate of drug-likeness (QED) is 0.320. The number of methoxy groups -OCH3 is 1. The maximum Gasteiger partial charge on any atom is 0.416 e. The minimum absolute atomic E-state index is 0. The van der Waals surface area contributed by atoms with Crippen LogP contribution in [0.4, 0.5) is 13.2 Å². The number of hydrogen-bond donors (Lipinski definition) is 1. The number of alkyl halides is 3. The number of aliphatic imine (C=N–C) groups is 1. The van der Waals surface area contributed by atoms with Crippen LogP contribution in [0.25, 0.3) is 0 Å². The lowest BCUT2D eigenvalue weighted by Gasteiger charge is -2.23. The minimum Gasteiger partial charge on any atom is -0.383 e. The van der Waals surface area contributed by atoms with Crippen LogP contribution in [0.15, 0.2) is 29.3 Å². The molecule has 0 aliphatic heterocycles. The fourth-order valence-electron chi connectivity index (χ4n) is 2.30. The molecule has 0 fully saturated rings. The fraction of sp³-hybridized carbons (Fsp3) is 0.611. The molecule has 0 heterocycles. The summed E-state index contributed by atoms with van der Waals surface area (Å²) in [4.78, 5) is 8.62. The molecule has 0 amide bonds. The van der Waals surface area contributed by atoms with E-state index < -0.39 is 11.7 Å². The Morgan fingerprint density at radius 1 is 1.15 bits per heavy atom. The van der Waals surface area contributed by atoms with Crippen LogP contribution in [0.2, 0.25) is 0 Å². The molecule has 9 heteroatoms. The fourth-order valence-corrected chi connectivity index (χ4v) is 2.30. The van der Waals surface area contributed by atoms with Crippen molar-refractivity contribution in [1.82, 2.24) is 15.1 Å². The van der Waals surface area contributed by atoms with Gasteiger partial charge in [-0.15, -0.1) is 24.0 Å². The van der Waals surface area contributed by atoms with Crippen molar-refractivity contribution in [2.24, 2.45) is 4.99 Å². The van der Waals surface area contributed by atoms with Gasteiger partial charge in [0.25, 0.3) is 0 Å². The zero-order chi connectivity index (χ0) is 19.6. The highest BCUT2D eigenvalue weighted by atomic mass is 127. The van der Waals surface area contributed by atoms with Crippen molar-refractivity contribution in [3.63, 3.8) is 0 Å². The molecule has 0 bridgehead atoms. The molecule has 0 spiro atoms. The van der Waals surface area contributed by atoms with Crippen molar-refractivity contribution >= 4 is 29.9 Å². The maximum absolute atomic E-state index is 12.6. The van der Waals surface area contributed by atoms with Gasteiger partial charge >= 0.3 is 6.18 Å². The molecule has 0 saturated heterocycles. The molecule has 27 heavy (non-hydrogen) atoms. The maximum atomic E-state index is 12.6. The van der Waals surface area contributed by atoms with E-state index in [1.807, 2.05) is 25.9 Å².